The molecule has 0 aliphatic heterocycles. The van der Waals surface area contributed by atoms with Gasteiger partial charge in [0.2, 0.25) is 0 Å². The van der Waals surface area contributed by atoms with E-state index in [2.05, 4.69) is 0 Å². The van der Waals surface area contributed by atoms with Crippen LogP contribution in [0.2, 0.25) is 0 Å². The molecule has 0 amide bonds. The monoisotopic (exact) mass is 394 g/mol. The SMILES string of the molecule is CC(C)(C)OC(=O)C1CCC(C(=O)C2CCC(C(=O)OC(C)(C)C)CC2)CC1. The first-order chi connectivity index (χ1) is 12.9. The minimum Gasteiger partial charge on any atom is -0.460 e. The van der Waals surface area contributed by atoms with Crippen LogP contribution < -0.4 is 0 Å². The van der Waals surface area contributed by atoms with Gasteiger partial charge in [-0.2, -0.15) is 0 Å². The second-order valence-corrected chi connectivity index (χ2v) is 10.6. The molecule has 28 heavy (non-hydrogen) atoms. The quantitative estimate of drug-likeness (QED) is 0.637. The van der Waals surface area contributed by atoms with Crippen LogP contribution in [0.1, 0.15) is 92.9 Å². The average molecular weight is 395 g/mol. The number of Topliss-reactive ketones (excluding diaryl/α,β-unsaturated/α-hetero) is 1. The third-order valence-corrected chi connectivity index (χ3v) is 5.74. The van der Waals surface area contributed by atoms with Gasteiger partial charge in [0.25, 0.3) is 0 Å². The number of ether oxygens (including phenoxy) is 2. The summed E-state index contributed by atoms with van der Waals surface area (Å²) in [4.78, 5) is 37.4. The van der Waals surface area contributed by atoms with E-state index in [1.165, 1.54) is 0 Å². The van der Waals surface area contributed by atoms with Gasteiger partial charge in [0.1, 0.15) is 17.0 Å². The number of carbonyl (C=O) groups excluding carboxylic acids is 3. The second kappa shape index (κ2) is 8.96. The van der Waals surface area contributed by atoms with Crippen molar-refractivity contribution in [2.45, 2.75) is 104 Å². The highest BCUT2D eigenvalue weighted by Crippen LogP contribution is 2.37. The summed E-state index contributed by atoms with van der Waals surface area (Å²) < 4.78 is 11.0. The summed E-state index contributed by atoms with van der Waals surface area (Å²) >= 11 is 0. The number of esters is 2. The lowest BCUT2D eigenvalue weighted by Gasteiger charge is -2.33. The van der Waals surface area contributed by atoms with Crippen molar-refractivity contribution in [1.29, 1.82) is 0 Å². The molecule has 0 aromatic carbocycles. The highest BCUT2D eigenvalue weighted by Gasteiger charge is 2.37. The molecule has 0 atom stereocenters. The first-order valence-corrected chi connectivity index (χ1v) is 10.8. The normalized spacial score (nSPS) is 29.1. The van der Waals surface area contributed by atoms with E-state index >= 15 is 0 Å². The van der Waals surface area contributed by atoms with Crippen molar-refractivity contribution in [1.82, 2.24) is 0 Å². The van der Waals surface area contributed by atoms with Crippen LogP contribution in [-0.2, 0) is 23.9 Å². The van der Waals surface area contributed by atoms with Crippen molar-refractivity contribution in [2.75, 3.05) is 0 Å². The van der Waals surface area contributed by atoms with E-state index in [1.807, 2.05) is 41.5 Å². The maximum atomic E-state index is 12.9. The Bertz CT molecular complexity index is 515. The molecule has 2 saturated carbocycles. The van der Waals surface area contributed by atoms with Gasteiger partial charge in [-0.3, -0.25) is 14.4 Å². The second-order valence-electron chi connectivity index (χ2n) is 10.6. The Hall–Kier alpha value is -1.39. The van der Waals surface area contributed by atoms with E-state index in [0.717, 1.165) is 51.4 Å². The Labute approximate surface area is 169 Å². The first-order valence-electron chi connectivity index (χ1n) is 10.8. The fourth-order valence-corrected chi connectivity index (χ4v) is 4.33. The Balaban J connectivity index is 1.77. The van der Waals surface area contributed by atoms with Gasteiger partial charge in [-0.05, 0) is 92.9 Å². The van der Waals surface area contributed by atoms with Crippen LogP contribution in [0, 0.1) is 23.7 Å². The fraction of sp³-hybridized carbons (Fsp3) is 0.870. The average Bonchev–Trinajstić information content (AvgIpc) is 2.58. The summed E-state index contributed by atoms with van der Waals surface area (Å²) in [6.07, 6.45) is 6.03. The molecule has 0 unspecified atom stereocenters. The van der Waals surface area contributed by atoms with Crippen LogP contribution in [-0.4, -0.2) is 28.9 Å². The van der Waals surface area contributed by atoms with E-state index in [-0.39, 0.29) is 35.6 Å². The third-order valence-electron chi connectivity index (χ3n) is 5.74. The highest BCUT2D eigenvalue weighted by atomic mass is 16.6. The molecule has 0 bridgehead atoms. The molecule has 2 aliphatic rings. The summed E-state index contributed by atoms with van der Waals surface area (Å²) in [5.74, 6) is 0.0405. The maximum Gasteiger partial charge on any atom is 0.309 e. The smallest absolute Gasteiger partial charge is 0.309 e. The highest BCUT2D eigenvalue weighted by molar-refractivity contribution is 5.84. The molecule has 0 N–H and O–H groups in total. The van der Waals surface area contributed by atoms with Crippen molar-refractivity contribution < 1.29 is 23.9 Å². The topological polar surface area (TPSA) is 69.7 Å². The van der Waals surface area contributed by atoms with Crippen LogP contribution in [0.4, 0.5) is 0 Å². The van der Waals surface area contributed by atoms with Gasteiger partial charge >= 0.3 is 11.9 Å². The lowest BCUT2D eigenvalue weighted by atomic mass is 9.72. The number of hydrogen-bond acceptors (Lipinski definition) is 5. The molecule has 0 radical (unpaired) electrons. The zero-order valence-electron chi connectivity index (χ0n) is 18.5. The number of rotatable bonds is 4. The molecule has 0 aromatic heterocycles. The van der Waals surface area contributed by atoms with Crippen LogP contribution in [0.5, 0.6) is 0 Å². The molecule has 0 heterocycles. The first kappa shape index (κ1) is 22.9. The molecule has 5 heteroatoms. The lowest BCUT2D eigenvalue weighted by molar-refractivity contribution is -0.162. The van der Waals surface area contributed by atoms with E-state index in [0.29, 0.717) is 5.78 Å². The van der Waals surface area contributed by atoms with Crippen molar-refractivity contribution in [2.24, 2.45) is 23.7 Å². The van der Waals surface area contributed by atoms with Crippen molar-refractivity contribution in [3.8, 4) is 0 Å². The summed E-state index contributed by atoms with van der Waals surface area (Å²) in [7, 11) is 0. The van der Waals surface area contributed by atoms with E-state index in [1.54, 1.807) is 0 Å². The Morgan fingerprint density at radius 2 is 0.786 bits per heavy atom. The molecule has 0 aromatic rings. The van der Waals surface area contributed by atoms with Gasteiger partial charge in [-0.25, -0.2) is 0 Å². The molecule has 160 valence electrons. The molecule has 2 fully saturated rings. The summed E-state index contributed by atoms with van der Waals surface area (Å²) in [5.41, 5.74) is -0.924. The van der Waals surface area contributed by atoms with Gasteiger partial charge in [-0.15, -0.1) is 0 Å². The van der Waals surface area contributed by atoms with Crippen molar-refractivity contribution in [3.05, 3.63) is 0 Å². The third kappa shape index (κ3) is 6.89. The number of hydrogen-bond donors (Lipinski definition) is 0. The zero-order valence-corrected chi connectivity index (χ0v) is 18.5. The molecule has 5 nitrogen and oxygen atoms in total. The minimum atomic E-state index is -0.462. The Morgan fingerprint density at radius 3 is 1.04 bits per heavy atom. The van der Waals surface area contributed by atoms with Crippen LogP contribution >= 0.6 is 0 Å². The summed E-state index contributed by atoms with van der Waals surface area (Å²) in [6, 6.07) is 0. The molecule has 0 spiro atoms. The predicted molar refractivity (Wildman–Crippen MR) is 108 cm³/mol. The molecular weight excluding hydrogens is 356 g/mol. The largest absolute Gasteiger partial charge is 0.460 e. The van der Waals surface area contributed by atoms with Crippen LogP contribution in [0.15, 0.2) is 0 Å². The Morgan fingerprint density at radius 1 is 0.536 bits per heavy atom. The predicted octanol–water partition coefficient (Wildman–Crippen LogP) is 4.85. The van der Waals surface area contributed by atoms with Crippen molar-refractivity contribution >= 4 is 17.7 Å². The van der Waals surface area contributed by atoms with Gasteiger partial charge < -0.3 is 9.47 Å². The lowest BCUT2D eigenvalue weighted by Crippen LogP contribution is -2.36. The van der Waals surface area contributed by atoms with Gasteiger partial charge in [0.15, 0.2) is 0 Å². The number of ketones is 1. The minimum absolute atomic E-state index is 0.0572. The van der Waals surface area contributed by atoms with Crippen LogP contribution in [0.3, 0.4) is 0 Å². The Kier molecular flexibility index (Phi) is 7.33. The van der Waals surface area contributed by atoms with Gasteiger partial charge in [0, 0.05) is 11.8 Å². The standard InChI is InChI=1S/C23H38O5/c1-22(2,3)27-20(25)17-11-7-15(8-12-17)19(24)16-9-13-18(14-10-16)21(26)28-23(4,5)6/h15-18H,7-14H2,1-6H3. The summed E-state index contributed by atoms with van der Waals surface area (Å²) in [5, 5.41) is 0. The van der Waals surface area contributed by atoms with Gasteiger partial charge in [-0.1, -0.05) is 0 Å². The van der Waals surface area contributed by atoms with E-state index < -0.39 is 11.2 Å². The van der Waals surface area contributed by atoms with E-state index in [9.17, 15) is 14.4 Å². The van der Waals surface area contributed by atoms with Crippen molar-refractivity contribution in [3.63, 3.8) is 0 Å². The number of carbonyl (C=O) groups is 3. The molecule has 0 saturated heterocycles. The van der Waals surface area contributed by atoms with E-state index in [4.69, 9.17) is 9.47 Å². The fourth-order valence-electron chi connectivity index (χ4n) is 4.33. The summed E-state index contributed by atoms with van der Waals surface area (Å²) in [6.45, 7) is 11.3. The maximum absolute atomic E-state index is 12.9. The molecular formula is C23H38O5. The van der Waals surface area contributed by atoms with Crippen LogP contribution in [0.25, 0.3) is 0 Å². The molecule has 2 rings (SSSR count). The zero-order chi connectivity index (χ0) is 21.1. The van der Waals surface area contributed by atoms with Gasteiger partial charge in [0.05, 0.1) is 11.8 Å². The molecule has 2 aliphatic carbocycles.